The number of rotatable bonds is 6. The maximum absolute atomic E-state index is 10.9. The highest BCUT2D eigenvalue weighted by Crippen LogP contribution is 2.59. The normalized spacial score (nSPS) is 41.2. The predicted octanol–water partition coefficient (Wildman–Crippen LogP) is 4.85. The summed E-state index contributed by atoms with van der Waals surface area (Å²) in [7, 11) is 0. The van der Waals surface area contributed by atoms with E-state index in [0.29, 0.717) is 17.9 Å². The molecule has 3 fully saturated rings. The second-order valence-electron chi connectivity index (χ2n) is 9.44. The SMILES string of the molecule is CC(C)CC(C)(C(C)C)C(O)OC1CC2CC1C1CCCC21. The minimum absolute atomic E-state index is 0.134. The Morgan fingerprint density at radius 1 is 1.05 bits per heavy atom. The van der Waals surface area contributed by atoms with Crippen LogP contribution in [-0.2, 0) is 4.74 Å². The van der Waals surface area contributed by atoms with Crippen molar-refractivity contribution in [2.24, 2.45) is 40.9 Å². The maximum Gasteiger partial charge on any atom is 0.160 e. The third kappa shape index (κ3) is 2.75. The first kappa shape index (κ1) is 16.8. The van der Waals surface area contributed by atoms with Crippen molar-refractivity contribution in [1.82, 2.24) is 0 Å². The van der Waals surface area contributed by atoms with Gasteiger partial charge in [-0.1, -0.05) is 41.0 Å². The molecule has 2 bridgehead atoms. The summed E-state index contributed by atoms with van der Waals surface area (Å²) in [6, 6.07) is 0. The molecule has 1 N–H and O–H groups in total. The number of fused-ring (bicyclic) bond motifs is 5. The van der Waals surface area contributed by atoms with E-state index in [0.717, 1.165) is 30.1 Å². The van der Waals surface area contributed by atoms with Crippen LogP contribution in [0, 0.1) is 40.9 Å². The zero-order valence-corrected chi connectivity index (χ0v) is 15.2. The molecular formula is C20H36O2. The summed E-state index contributed by atoms with van der Waals surface area (Å²) in [6.07, 6.45) is 7.61. The van der Waals surface area contributed by atoms with E-state index >= 15 is 0 Å². The molecule has 0 radical (unpaired) electrons. The van der Waals surface area contributed by atoms with Gasteiger partial charge in [-0.2, -0.15) is 0 Å². The summed E-state index contributed by atoms with van der Waals surface area (Å²) in [5.41, 5.74) is -0.134. The Kier molecular flexibility index (Phi) is 4.64. The first-order valence-electron chi connectivity index (χ1n) is 9.66. The van der Waals surface area contributed by atoms with Crippen LogP contribution < -0.4 is 0 Å². The largest absolute Gasteiger partial charge is 0.367 e. The summed E-state index contributed by atoms with van der Waals surface area (Å²) in [6.45, 7) is 11.2. The monoisotopic (exact) mass is 308 g/mol. The number of ether oxygens (including phenoxy) is 1. The molecule has 3 aliphatic rings. The molecule has 0 amide bonds. The Bertz CT molecular complexity index is 391. The molecular weight excluding hydrogens is 272 g/mol. The number of aliphatic hydroxyl groups excluding tert-OH is 1. The second-order valence-corrected chi connectivity index (χ2v) is 9.44. The third-order valence-electron chi connectivity index (χ3n) is 7.40. The highest BCUT2D eigenvalue weighted by atomic mass is 16.6. The fourth-order valence-electron chi connectivity index (χ4n) is 5.98. The third-order valence-corrected chi connectivity index (χ3v) is 7.40. The van der Waals surface area contributed by atoms with Gasteiger partial charge in [0.15, 0.2) is 6.29 Å². The molecule has 0 aromatic carbocycles. The van der Waals surface area contributed by atoms with Crippen molar-refractivity contribution in [1.29, 1.82) is 0 Å². The lowest BCUT2D eigenvalue weighted by atomic mass is 9.72. The highest BCUT2D eigenvalue weighted by molar-refractivity contribution is 5.04. The molecule has 0 aromatic heterocycles. The van der Waals surface area contributed by atoms with Crippen LogP contribution in [0.3, 0.4) is 0 Å². The van der Waals surface area contributed by atoms with Gasteiger partial charge in [0.2, 0.25) is 0 Å². The number of hydrogen-bond donors (Lipinski definition) is 1. The van der Waals surface area contributed by atoms with E-state index in [1.807, 2.05) is 0 Å². The lowest BCUT2D eigenvalue weighted by Crippen LogP contribution is -2.44. The minimum atomic E-state index is -0.612. The highest BCUT2D eigenvalue weighted by Gasteiger charge is 2.55. The van der Waals surface area contributed by atoms with E-state index in [1.54, 1.807) is 0 Å². The van der Waals surface area contributed by atoms with Crippen LogP contribution >= 0.6 is 0 Å². The summed E-state index contributed by atoms with van der Waals surface area (Å²) in [5, 5.41) is 10.9. The van der Waals surface area contributed by atoms with Gasteiger partial charge in [0.1, 0.15) is 0 Å². The van der Waals surface area contributed by atoms with Crippen molar-refractivity contribution in [3.63, 3.8) is 0 Å². The second kappa shape index (κ2) is 6.09. The molecule has 0 heterocycles. The van der Waals surface area contributed by atoms with Crippen LogP contribution in [0.4, 0.5) is 0 Å². The van der Waals surface area contributed by atoms with E-state index in [-0.39, 0.29) is 5.41 Å². The van der Waals surface area contributed by atoms with Gasteiger partial charge in [0.25, 0.3) is 0 Å². The van der Waals surface area contributed by atoms with Gasteiger partial charge < -0.3 is 9.84 Å². The van der Waals surface area contributed by atoms with Crippen molar-refractivity contribution in [2.75, 3.05) is 0 Å². The zero-order valence-electron chi connectivity index (χ0n) is 15.2. The van der Waals surface area contributed by atoms with E-state index in [1.165, 1.54) is 32.1 Å². The van der Waals surface area contributed by atoms with Crippen molar-refractivity contribution in [3.8, 4) is 0 Å². The number of hydrogen-bond acceptors (Lipinski definition) is 2. The molecule has 2 heteroatoms. The predicted molar refractivity (Wildman–Crippen MR) is 90.3 cm³/mol. The molecule has 0 spiro atoms. The molecule has 3 saturated carbocycles. The molecule has 3 aliphatic carbocycles. The van der Waals surface area contributed by atoms with Crippen molar-refractivity contribution in [3.05, 3.63) is 0 Å². The fourth-order valence-corrected chi connectivity index (χ4v) is 5.98. The first-order valence-corrected chi connectivity index (χ1v) is 9.66. The van der Waals surface area contributed by atoms with Gasteiger partial charge in [-0.15, -0.1) is 0 Å². The standard InChI is InChI=1S/C20H36O2/c1-12(2)11-20(5,13(3)4)19(21)22-18-10-14-9-17(18)16-8-6-7-15(14)16/h12-19,21H,6-11H2,1-5H3. The zero-order chi connectivity index (χ0) is 16.1. The Labute approximate surface area is 137 Å². The first-order chi connectivity index (χ1) is 10.3. The van der Waals surface area contributed by atoms with Crippen molar-refractivity contribution >= 4 is 0 Å². The van der Waals surface area contributed by atoms with Gasteiger partial charge >= 0.3 is 0 Å². The van der Waals surface area contributed by atoms with Gasteiger partial charge in [-0.25, -0.2) is 0 Å². The summed E-state index contributed by atoms with van der Waals surface area (Å²) in [5.74, 6) is 4.56. The molecule has 2 nitrogen and oxygen atoms in total. The average molecular weight is 309 g/mol. The van der Waals surface area contributed by atoms with E-state index in [2.05, 4.69) is 34.6 Å². The van der Waals surface area contributed by atoms with Gasteiger partial charge in [0, 0.05) is 5.41 Å². The molecule has 0 saturated heterocycles. The van der Waals surface area contributed by atoms with Gasteiger partial charge in [-0.3, -0.25) is 0 Å². The van der Waals surface area contributed by atoms with Crippen molar-refractivity contribution < 1.29 is 9.84 Å². The van der Waals surface area contributed by atoms with Crippen molar-refractivity contribution in [2.45, 2.75) is 85.5 Å². The Morgan fingerprint density at radius 3 is 2.36 bits per heavy atom. The molecule has 0 aliphatic heterocycles. The molecule has 7 unspecified atom stereocenters. The van der Waals surface area contributed by atoms with Gasteiger partial charge in [-0.05, 0) is 67.6 Å². The van der Waals surface area contributed by atoms with Crippen LogP contribution in [0.2, 0.25) is 0 Å². The summed E-state index contributed by atoms with van der Waals surface area (Å²) < 4.78 is 6.34. The van der Waals surface area contributed by atoms with Crippen LogP contribution in [0.1, 0.15) is 73.1 Å². The van der Waals surface area contributed by atoms with Crippen LogP contribution in [0.15, 0.2) is 0 Å². The Balaban J connectivity index is 1.65. The number of aliphatic hydroxyl groups is 1. The summed E-state index contributed by atoms with van der Waals surface area (Å²) in [4.78, 5) is 0. The molecule has 22 heavy (non-hydrogen) atoms. The van der Waals surface area contributed by atoms with Gasteiger partial charge in [0.05, 0.1) is 6.10 Å². The fraction of sp³-hybridized carbons (Fsp3) is 1.00. The average Bonchev–Trinajstić information content (AvgIpc) is 3.08. The molecule has 7 atom stereocenters. The lowest BCUT2D eigenvalue weighted by molar-refractivity contribution is -0.225. The molecule has 128 valence electrons. The maximum atomic E-state index is 10.9. The Hall–Kier alpha value is -0.0800. The van der Waals surface area contributed by atoms with Crippen LogP contribution in [0.25, 0.3) is 0 Å². The smallest absolute Gasteiger partial charge is 0.160 e. The summed E-state index contributed by atoms with van der Waals surface area (Å²) >= 11 is 0. The van der Waals surface area contributed by atoms with Crippen LogP contribution in [0.5, 0.6) is 0 Å². The topological polar surface area (TPSA) is 29.5 Å². The molecule has 0 aromatic rings. The minimum Gasteiger partial charge on any atom is -0.367 e. The van der Waals surface area contributed by atoms with E-state index in [9.17, 15) is 5.11 Å². The lowest BCUT2D eigenvalue weighted by Gasteiger charge is -2.42. The Morgan fingerprint density at radius 2 is 1.73 bits per heavy atom. The van der Waals surface area contributed by atoms with E-state index in [4.69, 9.17) is 4.74 Å². The van der Waals surface area contributed by atoms with Crippen LogP contribution in [-0.4, -0.2) is 17.5 Å². The molecule has 3 rings (SSSR count). The van der Waals surface area contributed by atoms with E-state index < -0.39 is 6.29 Å². The quantitative estimate of drug-likeness (QED) is 0.710.